The second kappa shape index (κ2) is 6.14. The normalized spacial score (nSPS) is 14.7. The zero-order chi connectivity index (χ0) is 15.6. The Morgan fingerprint density at radius 1 is 1.15 bits per heavy atom. The van der Waals surface area contributed by atoms with Crippen molar-refractivity contribution in [3.8, 4) is 0 Å². The van der Waals surface area contributed by atoms with Crippen molar-refractivity contribution in [2.45, 2.75) is 44.5 Å². The molecule has 0 aliphatic carbocycles. The third-order valence-electron chi connectivity index (χ3n) is 4.15. The molecule has 1 atom stereocenters. The summed E-state index contributed by atoms with van der Waals surface area (Å²) in [6.07, 6.45) is -4.06. The van der Waals surface area contributed by atoms with E-state index in [9.17, 15) is 18.3 Å². The monoisotopic (exact) mass is 289 g/mol. The topological polar surface area (TPSA) is 23.5 Å². The maximum Gasteiger partial charge on any atom is 0.416 e. The van der Waals surface area contributed by atoms with Gasteiger partial charge in [-0.2, -0.15) is 13.2 Å². The SMILES string of the molecule is CCC(CC)(C(O)c1cccc(C(F)(F)F)c1)N(C)C. The number of likely N-dealkylation sites (N-methyl/N-ethyl adjacent to an activating group) is 1. The van der Waals surface area contributed by atoms with E-state index in [1.807, 2.05) is 32.8 Å². The Hall–Kier alpha value is -1.07. The highest BCUT2D eigenvalue weighted by molar-refractivity contribution is 5.29. The van der Waals surface area contributed by atoms with E-state index < -0.39 is 23.4 Å². The number of hydrogen-bond acceptors (Lipinski definition) is 2. The lowest BCUT2D eigenvalue weighted by Gasteiger charge is -2.42. The summed E-state index contributed by atoms with van der Waals surface area (Å²) in [5.41, 5.74) is -0.990. The van der Waals surface area contributed by atoms with Crippen molar-refractivity contribution in [1.82, 2.24) is 4.90 Å². The fraction of sp³-hybridized carbons (Fsp3) is 0.600. The molecule has 0 spiro atoms. The molecule has 20 heavy (non-hydrogen) atoms. The highest BCUT2D eigenvalue weighted by Crippen LogP contribution is 2.38. The highest BCUT2D eigenvalue weighted by atomic mass is 19.4. The maximum absolute atomic E-state index is 12.8. The van der Waals surface area contributed by atoms with Crippen LogP contribution < -0.4 is 0 Å². The van der Waals surface area contributed by atoms with Crippen LogP contribution in [0.15, 0.2) is 24.3 Å². The number of nitrogens with zero attached hydrogens (tertiary/aromatic N) is 1. The average molecular weight is 289 g/mol. The summed E-state index contributed by atoms with van der Waals surface area (Å²) in [7, 11) is 3.67. The van der Waals surface area contributed by atoms with Crippen LogP contribution in [0.25, 0.3) is 0 Å². The number of halogens is 3. The molecule has 0 heterocycles. The summed E-state index contributed by atoms with van der Waals surface area (Å²) >= 11 is 0. The van der Waals surface area contributed by atoms with Gasteiger partial charge in [0.15, 0.2) is 0 Å². The van der Waals surface area contributed by atoms with Crippen molar-refractivity contribution in [1.29, 1.82) is 0 Å². The summed E-state index contributed by atoms with van der Waals surface area (Å²) in [5, 5.41) is 10.6. The van der Waals surface area contributed by atoms with Gasteiger partial charge >= 0.3 is 6.18 Å². The molecule has 1 aromatic rings. The molecule has 0 saturated heterocycles. The summed E-state index contributed by atoms with van der Waals surface area (Å²) in [6.45, 7) is 3.86. The molecule has 0 aliphatic heterocycles. The third-order valence-corrected chi connectivity index (χ3v) is 4.15. The first kappa shape index (κ1) is 17.0. The van der Waals surface area contributed by atoms with Gasteiger partial charge < -0.3 is 10.0 Å². The van der Waals surface area contributed by atoms with Gasteiger partial charge in [-0.1, -0.05) is 26.0 Å². The van der Waals surface area contributed by atoms with Gasteiger partial charge in [0.25, 0.3) is 0 Å². The molecule has 5 heteroatoms. The maximum atomic E-state index is 12.8. The van der Waals surface area contributed by atoms with E-state index in [2.05, 4.69) is 0 Å². The number of aliphatic hydroxyl groups excluding tert-OH is 1. The lowest BCUT2D eigenvalue weighted by atomic mass is 9.81. The van der Waals surface area contributed by atoms with Crippen molar-refractivity contribution >= 4 is 0 Å². The molecule has 0 bridgehead atoms. The van der Waals surface area contributed by atoms with Gasteiger partial charge in [0.2, 0.25) is 0 Å². The highest BCUT2D eigenvalue weighted by Gasteiger charge is 2.39. The molecular formula is C15H22F3NO. The first-order valence-electron chi connectivity index (χ1n) is 6.71. The Balaban J connectivity index is 3.23. The zero-order valence-electron chi connectivity index (χ0n) is 12.3. The van der Waals surface area contributed by atoms with Crippen LogP contribution >= 0.6 is 0 Å². The van der Waals surface area contributed by atoms with Crippen molar-refractivity contribution in [3.63, 3.8) is 0 Å². The van der Waals surface area contributed by atoms with Crippen LogP contribution in [0.4, 0.5) is 13.2 Å². The van der Waals surface area contributed by atoms with E-state index >= 15 is 0 Å². The quantitative estimate of drug-likeness (QED) is 0.889. The molecule has 1 aromatic carbocycles. The smallest absolute Gasteiger partial charge is 0.386 e. The largest absolute Gasteiger partial charge is 0.416 e. The molecule has 0 amide bonds. The Labute approximate surface area is 118 Å². The molecule has 0 aromatic heterocycles. The molecule has 0 fully saturated rings. The Morgan fingerprint density at radius 2 is 1.70 bits per heavy atom. The number of hydrogen-bond donors (Lipinski definition) is 1. The molecule has 0 aliphatic rings. The van der Waals surface area contributed by atoms with E-state index in [-0.39, 0.29) is 0 Å². The van der Waals surface area contributed by atoms with Gasteiger partial charge in [-0.25, -0.2) is 0 Å². The molecule has 114 valence electrons. The predicted octanol–water partition coefficient (Wildman–Crippen LogP) is 3.86. The molecular weight excluding hydrogens is 267 g/mol. The number of alkyl halides is 3. The van der Waals surface area contributed by atoms with Gasteiger partial charge in [-0.15, -0.1) is 0 Å². The number of benzene rings is 1. The fourth-order valence-corrected chi connectivity index (χ4v) is 2.71. The van der Waals surface area contributed by atoms with Gasteiger partial charge in [0.05, 0.1) is 11.7 Å². The second-order valence-electron chi connectivity index (χ2n) is 5.23. The lowest BCUT2D eigenvalue weighted by molar-refractivity contribution is -0.137. The first-order chi connectivity index (χ1) is 9.19. The van der Waals surface area contributed by atoms with Gasteiger partial charge in [-0.05, 0) is 44.6 Å². The molecule has 0 saturated carbocycles. The van der Waals surface area contributed by atoms with Crippen LogP contribution in [0, 0.1) is 0 Å². The molecule has 1 N–H and O–H groups in total. The number of aliphatic hydroxyl groups is 1. The van der Waals surface area contributed by atoms with Crippen molar-refractivity contribution < 1.29 is 18.3 Å². The third kappa shape index (κ3) is 3.15. The fourth-order valence-electron chi connectivity index (χ4n) is 2.71. The van der Waals surface area contributed by atoms with Crippen LogP contribution in [0.3, 0.4) is 0 Å². The van der Waals surface area contributed by atoms with Gasteiger partial charge in [0.1, 0.15) is 0 Å². The molecule has 1 rings (SSSR count). The standard InChI is InChI=1S/C15H22F3NO/c1-5-14(6-2,19(3)4)13(20)11-8-7-9-12(10-11)15(16,17)18/h7-10,13,20H,5-6H2,1-4H3. The van der Waals surface area contributed by atoms with Crippen LogP contribution in [0.5, 0.6) is 0 Å². The van der Waals surface area contributed by atoms with Crippen LogP contribution in [0.1, 0.15) is 43.9 Å². The first-order valence-corrected chi connectivity index (χ1v) is 6.71. The van der Waals surface area contributed by atoms with Crippen molar-refractivity contribution in [2.75, 3.05) is 14.1 Å². The van der Waals surface area contributed by atoms with Crippen molar-refractivity contribution in [2.24, 2.45) is 0 Å². The van der Waals surface area contributed by atoms with E-state index in [1.165, 1.54) is 6.07 Å². The minimum absolute atomic E-state index is 0.303. The van der Waals surface area contributed by atoms with Crippen molar-refractivity contribution in [3.05, 3.63) is 35.4 Å². The number of rotatable bonds is 5. The Kier molecular flexibility index (Phi) is 5.21. The molecule has 1 unspecified atom stereocenters. The van der Waals surface area contributed by atoms with E-state index in [0.717, 1.165) is 12.1 Å². The Bertz CT molecular complexity index is 439. The Morgan fingerprint density at radius 3 is 2.10 bits per heavy atom. The second-order valence-corrected chi connectivity index (χ2v) is 5.23. The predicted molar refractivity (Wildman–Crippen MR) is 73.4 cm³/mol. The minimum Gasteiger partial charge on any atom is -0.386 e. The van der Waals surface area contributed by atoms with E-state index in [1.54, 1.807) is 6.07 Å². The lowest BCUT2D eigenvalue weighted by Crippen LogP contribution is -2.48. The van der Waals surface area contributed by atoms with Crippen LogP contribution in [-0.2, 0) is 6.18 Å². The average Bonchev–Trinajstić information content (AvgIpc) is 2.39. The van der Waals surface area contributed by atoms with E-state index in [0.29, 0.717) is 18.4 Å². The summed E-state index contributed by atoms with van der Waals surface area (Å²) < 4.78 is 38.3. The van der Waals surface area contributed by atoms with Crippen LogP contribution in [-0.4, -0.2) is 29.6 Å². The summed E-state index contributed by atoms with van der Waals surface area (Å²) in [4.78, 5) is 1.89. The van der Waals surface area contributed by atoms with Gasteiger partial charge in [-0.3, -0.25) is 0 Å². The van der Waals surface area contributed by atoms with Crippen LogP contribution in [0.2, 0.25) is 0 Å². The summed E-state index contributed by atoms with van der Waals surface area (Å²) in [6, 6.07) is 4.94. The summed E-state index contributed by atoms with van der Waals surface area (Å²) in [5.74, 6) is 0. The zero-order valence-corrected chi connectivity index (χ0v) is 12.3. The van der Waals surface area contributed by atoms with Gasteiger partial charge in [0, 0.05) is 5.54 Å². The molecule has 0 radical (unpaired) electrons. The minimum atomic E-state index is -4.39. The molecule has 2 nitrogen and oxygen atoms in total. The van der Waals surface area contributed by atoms with E-state index in [4.69, 9.17) is 0 Å².